The zero-order valence-electron chi connectivity index (χ0n) is 30.2. The second-order valence-corrected chi connectivity index (χ2v) is 12.8. The number of ether oxygens (including phenoxy) is 6. The van der Waals surface area contributed by atoms with E-state index in [1.165, 1.54) is 12.4 Å². The Morgan fingerprint density at radius 3 is 2.25 bits per heavy atom. The van der Waals surface area contributed by atoms with Crippen molar-refractivity contribution in [3.63, 3.8) is 0 Å². The Kier molecular flexibility index (Phi) is 15.5. The minimum absolute atomic E-state index is 0.0913. The predicted octanol–water partition coefficient (Wildman–Crippen LogP) is 5.59. The number of carbonyl (C=O) groups is 1. The second kappa shape index (κ2) is 20.9. The van der Waals surface area contributed by atoms with Crippen molar-refractivity contribution < 1.29 is 33.2 Å². The highest BCUT2D eigenvalue weighted by molar-refractivity contribution is 8.00. The fourth-order valence-corrected chi connectivity index (χ4v) is 5.60. The summed E-state index contributed by atoms with van der Waals surface area (Å²) in [7, 11) is 3.61. The molecule has 15 heteroatoms. The molecule has 0 unspecified atom stereocenters. The number of aldehydes is 1. The van der Waals surface area contributed by atoms with Gasteiger partial charge in [-0.2, -0.15) is 0 Å². The van der Waals surface area contributed by atoms with Crippen LogP contribution in [-0.4, -0.2) is 105 Å². The van der Waals surface area contributed by atoms with Crippen LogP contribution in [0.25, 0.3) is 22.0 Å². The van der Waals surface area contributed by atoms with Crippen LogP contribution in [-0.2, 0) is 26.0 Å². The highest BCUT2D eigenvalue weighted by Crippen LogP contribution is 2.39. The van der Waals surface area contributed by atoms with Gasteiger partial charge in [0, 0.05) is 79.4 Å². The zero-order chi connectivity index (χ0) is 37.3. The molecule has 53 heavy (non-hydrogen) atoms. The lowest BCUT2D eigenvalue weighted by atomic mass is 10.0. The largest absolute Gasteiger partial charge is 0.491 e. The molecule has 5 rings (SSSR count). The Morgan fingerprint density at radius 1 is 0.868 bits per heavy atom. The van der Waals surface area contributed by atoms with E-state index < -0.39 is 0 Å². The van der Waals surface area contributed by atoms with Gasteiger partial charge in [-0.05, 0) is 36.4 Å². The molecule has 3 aromatic heterocycles. The first kappa shape index (κ1) is 39.3. The van der Waals surface area contributed by atoms with Crippen molar-refractivity contribution in [3.05, 3.63) is 89.2 Å². The number of hydrogen-bond acceptors (Lipinski definition) is 13. The lowest BCUT2D eigenvalue weighted by Gasteiger charge is -2.16. The topological polar surface area (TPSA) is 151 Å². The summed E-state index contributed by atoms with van der Waals surface area (Å²) in [6.45, 7) is 6.71. The molecule has 0 aliphatic rings. The van der Waals surface area contributed by atoms with Gasteiger partial charge in [0.05, 0.1) is 58.4 Å². The molecular weight excluding hydrogens is 701 g/mol. The molecule has 0 amide bonds. The first-order chi connectivity index (χ1) is 26.0. The van der Waals surface area contributed by atoms with Crippen LogP contribution < -0.4 is 24.7 Å². The van der Waals surface area contributed by atoms with Gasteiger partial charge in [-0.25, -0.2) is 9.97 Å². The van der Waals surface area contributed by atoms with Crippen molar-refractivity contribution in [1.29, 1.82) is 0 Å². The van der Waals surface area contributed by atoms with Gasteiger partial charge in [0.2, 0.25) is 5.95 Å². The molecule has 2 N–H and O–H groups in total. The van der Waals surface area contributed by atoms with Crippen molar-refractivity contribution in [1.82, 2.24) is 19.5 Å². The quantitative estimate of drug-likeness (QED) is 0.0459. The molecule has 0 radical (unpaired) electrons. The van der Waals surface area contributed by atoms with Gasteiger partial charge in [0.1, 0.15) is 29.4 Å². The third-order valence-corrected chi connectivity index (χ3v) is 8.52. The highest BCUT2D eigenvalue weighted by Gasteiger charge is 2.16. The Morgan fingerprint density at radius 2 is 1.55 bits per heavy atom. The van der Waals surface area contributed by atoms with E-state index in [1.54, 1.807) is 29.8 Å². The molecular formula is C38H46N6O8S. The number of pyridine rings is 1. The van der Waals surface area contributed by atoms with Crippen LogP contribution in [0.1, 0.15) is 17.3 Å². The number of carbonyl (C=O) groups excluding carboxylic acids is 1. The SMILES string of the molecule is CCSNc1ccc(Oc2cccc(OCCOCCOCCOCCOCCN(C)c3ncc(C=O)cn3)c2)c(-c2cn(C)c(=O)c3[nH]ccc23)c1. The molecule has 0 bridgehead atoms. The van der Waals surface area contributed by atoms with E-state index in [9.17, 15) is 9.59 Å². The number of aromatic nitrogens is 4. The van der Waals surface area contributed by atoms with Crippen LogP contribution in [0.4, 0.5) is 11.6 Å². The maximum Gasteiger partial charge on any atom is 0.274 e. The summed E-state index contributed by atoms with van der Waals surface area (Å²) < 4.78 is 39.7. The van der Waals surface area contributed by atoms with Crippen molar-refractivity contribution in [2.75, 3.05) is 88.4 Å². The second-order valence-electron chi connectivity index (χ2n) is 11.7. The van der Waals surface area contributed by atoms with Gasteiger partial charge in [-0.15, -0.1) is 0 Å². The van der Waals surface area contributed by atoms with Crippen molar-refractivity contribution in [2.24, 2.45) is 7.05 Å². The zero-order valence-corrected chi connectivity index (χ0v) is 31.1. The van der Waals surface area contributed by atoms with Gasteiger partial charge >= 0.3 is 0 Å². The van der Waals surface area contributed by atoms with Crippen LogP contribution in [0, 0.1) is 0 Å². The summed E-state index contributed by atoms with van der Waals surface area (Å²) in [5, 5.41) is 0.823. The number of nitrogens with zero attached hydrogens (tertiary/aromatic N) is 4. The third-order valence-electron chi connectivity index (χ3n) is 7.85. The van der Waals surface area contributed by atoms with Crippen molar-refractivity contribution >= 4 is 40.8 Å². The minimum Gasteiger partial charge on any atom is -0.491 e. The molecule has 0 atom stereocenters. The average Bonchev–Trinajstić information content (AvgIpc) is 3.68. The third kappa shape index (κ3) is 11.8. The molecule has 0 aliphatic heterocycles. The lowest BCUT2D eigenvalue weighted by molar-refractivity contribution is -0.00392. The molecule has 0 saturated heterocycles. The van der Waals surface area contributed by atoms with Crippen LogP contribution in [0.2, 0.25) is 0 Å². The molecule has 0 fully saturated rings. The number of likely N-dealkylation sites (N-methyl/N-ethyl adjacent to an activating group) is 1. The Bertz CT molecular complexity index is 1940. The standard InChI is InChI=1S/C38H46N6O8S/c1-4-53-42-29-8-9-35(33(22-29)34-26-44(3)37(46)36-32(34)10-11-39-36)52-31-7-5-6-30(23-31)51-21-20-50-19-18-49-17-16-48-15-14-47-13-12-43(2)38-40-24-28(27-45)25-41-38/h5-11,22-27,39,42H,4,12-21H2,1-3H3. The Labute approximate surface area is 312 Å². The number of aryl methyl sites for hydroxylation is 1. The van der Waals surface area contributed by atoms with E-state index in [1.807, 2.05) is 66.7 Å². The molecule has 14 nitrogen and oxygen atoms in total. The maximum absolute atomic E-state index is 12.7. The van der Waals surface area contributed by atoms with E-state index in [0.29, 0.717) is 107 Å². The fourth-order valence-electron chi connectivity index (χ4n) is 5.16. The van der Waals surface area contributed by atoms with Crippen LogP contribution in [0.5, 0.6) is 17.2 Å². The predicted molar refractivity (Wildman–Crippen MR) is 207 cm³/mol. The van der Waals surface area contributed by atoms with E-state index in [2.05, 4.69) is 26.6 Å². The van der Waals surface area contributed by atoms with E-state index >= 15 is 0 Å². The molecule has 282 valence electrons. The summed E-state index contributed by atoms with van der Waals surface area (Å²) in [5.74, 6) is 3.37. The number of fused-ring (bicyclic) bond motifs is 1. The van der Waals surface area contributed by atoms with E-state index in [0.717, 1.165) is 28.0 Å². The van der Waals surface area contributed by atoms with Gasteiger partial charge in [-0.3, -0.25) is 9.59 Å². The monoisotopic (exact) mass is 746 g/mol. The first-order valence-electron chi connectivity index (χ1n) is 17.4. The smallest absolute Gasteiger partial charge is 0.274 e. The van der Waals surface area contributed by atoms with Gasteiger partial charge < -0.3 is 47.6 Å². The number of rotatable bonds is 24. The normalized spacial score (nSPS) is 11.2. The first-order valence-corrected chi connectivity index (χ1v) is 18.3. The number of H-pyrrole nitrogens is 1. The molecule has 2 aromatic carbocycles. The minimum atomic E-state index is -0.0913. The van der Waals surface area contributed by atoms with Crippen molar-refractivity contribution in [3.8, 4) is 28.4 Å². The van der Waals surface area contributed by atoms with E-state index in [4.69, 9.17) is 28.4 Å². The maximum atomic E-state index is 12.7. The average molecular weight is 747 g/mol. The molecule has 5 aromatic rings. The van der Waals surface area contributed by atoms with Crippen LogP contribution in [0.3, 0.4) is 0 Å². The number of nitrogens with one attached hydrogen (secondary N) is 2. The summed E-state index contributed by atoms with van der Waals surface area (Å²) in [4.78, 5) is 36.7. The van der Waals surface area contributed by atoms with Crippen LogP contribution in [0.15, 0.2) is 78.1 Å². The summed E-state index contributed by atoms with van der Waals surface area (Å²) in [6.07, 6.45) is 7.31. The molecule has 0 saturated carbocycles. The summed E-state index contributed by atoms with van der Waals surface area (Å²) in [6, 6.07) is 15.3. The van der Waals surface area contributed by atoms with Gasteiger partial charge in [0.25, 0.3) is 5.56 Å². The molecule has 0 aliphatic carbocycles. The number of anilines is 2. The summed E-state index contributed by atoms with van der Waals surface area (Å²) in [5.41, 5.74) is 3.55. The molecule has 0 spiro atoms. The summed E-state index contributed by atoms with van der Waals surface area (Å²) >= 11 is 1.60. The lowest BCUT2D eigenvalue weighted by Crippen LogP contribution is -2.25. The Hall–Kier alpha value is -4.93. The van der Waals surface area contributed by atoms with Crippen molar-refractivity contribution in [2.45, 2.75) is 6.92 Å². The van der Waals surface area contributed by atoms with Gasteiger partial charge in [-0.1, -0.05) is 24.9 Å². The highest BCUT2D eigenvalue weighted by atomic mass is 32.2. The fraction of sp³-hybridized carbons (Fsp3) is 0.368. The van der Waals surface area contributed by atoms with Gasteiger partial charge in [0.15, 0.2) is 6.29 Å². The number of hydrogen-bond donors (Lipinski definition) is 2. The number of benzene rings is 2. The van der Waals surface area contributed by atoms with E-state index in [-0.39, 0.29) is 5.56 Å². The Balaban J connectivity index is 0.973. The number of aromatic amines is 1. The molecule has 3 heterocycles. The van der Waals surface area contributed by atoms with Crippen LogP contribution >= 0.6 is 11.9 Å².